The van der Waals surface area contributed by atoms with Crippen LogP contribution in [0, 0.1) is 5.41 Å². The van der Waals surface area contributed by atoms with Crippen molar-refractivity contribution in [2.45, 2.75) is 37.6 Å². The van der Waals surface area contributed by atoms with Crippen LogP contribution < -0.4 is 5.32 Å². The van der Waals surface area contributed by atoms with Crippen molar-refractivity contribution in [3.05, 3.63) is 0 Å². The summed E-state index contributed by atoms with van der Waals surface area (Å²) in [6.45, 7) is 4.37. The van der Waals surface area contributed by atoms with Gasteiger partial charge in [-0.3, -0.25) is 10.1 Å². The third-order valence-electron chi connectivity index (χ3n) is 3.44. The maximum absolute atomic E-state index is 10.8. The molecule has 1 saturated carbocycles. The molecule has 2 fully saturated rings. The van der Waals surface area contributed by atoms with Crippen molar-refractivity contribution >= 4 is 17.7 Å². The van der Waals surface area contributed by atoms with Crippen LogP contribution in [0.25, 0.3) is 0 Å². The molecule has 0 aromatic carbocycles. The number of aliphatic carboxylic acids is 1. The Morgan fingerprint density at radius 3 is 2.54 bits per heavy atom. The van der Waals surface area contributed by atoms with E-state index in [0.717, 1.165) is 0 Å². The fourth-order valence-corrected chi connectivity index (χ4v) is 3.32. The van der Waals surface area contributed by atoms with Gasteiger partial charge in [-0.25, -0.2) is 0 Å². The van der Waals surface area contributed by atoms with E-state index in [1.165, 1.54) is 12.8 Å². The molecule has 0 radical (unpaired) electrons. The van der Waals surface area contributed by atoms with Crippen LogP contribution in [0.4, 0.5) is 0 Å². The molecule has 4 heteroatoms. The van der Waals surface area contributed by atoms with Gasteiger partial charge >= 0.3 is 5.97 Å². The Kier molecular flexibility index (Phi) is 1.90. The van der Waals surface area contributed by atoms with E-state index in [4.69, 9.17) is 5.11 Å². The molecule has 1 unspecified atom stereocenters. The topological polar surface area (TPSA) is 49.3 Å². The zero-order valence-corrected chi connectivity index (χ0v) is 8.78. The van der Waals surface area contributed by atoms with Crippen LogP contribution >= 0.6 is 11.8 Å². The van der Waals surface area contributed by atoms with Crippen LogP contribution in [0.5, 0.6) is 0 Å². The Morgan fingerprint density at radius 1 is 1.54 bits per heavy atom. The molecule has 1 aliphatic carbocycles. The second-order valence-electron chi connectivity index (χ2n) is 4.44. The van der Waals surface area contributed by atoms with Crippen molar-refractivity contribution in [3.63, 3.8) is 0 Å². The van der Waals surface area contributed by atoms with E-state index in [2.05, 4.69) is 19.2 Å². The van der Waals surface area contributed by atoms with Gasteiger partial charge in [-0.15, -0.1) is 11.8 Å². The van der Waals surface area contributed by atoms with Gasteiger partial charge in [-0.1, -0.05) is 6.92 Å². The predicted octanol–water partition coefficient (Wildman–Crippen LogP) is 1.29. The minimum atomic E-state index is -0.722. The molecule has 0 aromatic rings. The molecular formula is C9H15NO2S. The van der Waals surface area contributed by atoms with Gasteiger partial charge in [-0.2, -0.15) is 0 Å². The van der Waals surface area contributed by atoms with Gasteiger partial charge < -0.3 is 5.11 Å². The summed E-state index contributed by atoms with van der Waals surface area (Å²) in [7, 11) is 0. The minimum absolute atomic E-state index is 0.0178. The second kappa shape index (κ2) is 2.64. The number of hydrogen-bond donors (Lipinski definition) is 2. The monoisotopic (exact) mass is 201 g/mol. The predicted molar refractivity (Wildman–Crippen MR) is 52.8 cm³/mol. The fraction of sp³-hybridized carbons (Fsp3) is 0.889. The van der Waals surface area contributed by atoms with E-state index in [1.54, 1.807) is 11.8 Å². The third-order valence-corrected chi connectivity index (χ3v) is 5.13. The highest BCUT2D eigenvalue weighted by atomic mass is 32.2. The second-order valence-corrected chi connectivity index (χ2v) is 5.88. The molecule has 2 atom stereocenters. The van der Waals surface area contributed by atoms with Crippen LogP contribution in [-0.2, 0) is 4.79 Å². The molecule has 0 amide bonds. The van der Waals surface area contributed by atoms with E-state index >= 15 is 0 Å². The zero-order valence-electron chi connectivity index (χ0n) is 7.96. The third kappa shape index (κ3) is 1.36. The zero-order chi connectivity index (χ0) is 9.69. The molecule has 0 spiro atoms. The lowest BCUT2D eigenvalue weighted by Gasteiger charge is -2.31. The van der Waals surface area contributed by atoms with E-state index in [9.17, 15) is 4.79 Å². The summed E-state index contributed by atoms with van der Waals surface area (Å²) in [6, 6.07) is -0.354. The first-order chi connectivity index (χ1) is 5.97. The molecule has 1 aliphatic heterocycles. The first-order valence-corrected chi connectivity index (χ1v) is 5.60. The van der Waals surface area contributed by atoms with Crippen LogP contribution in [0.1, 0.15) is 26.7 Å². The number of carboxylic acids is 1. The van der Waals surface area contributed by atoms with Gasteiger partial charge in [0, 0.05) is 5.75 Å². The van der Waals surface area contributed by atoms with Gasteiger partial charge in [-0.05, 0) is 25.2 Å². The first kappa shape index (κ1) is 9.34. The van der Waals surface area contributed by atoms with Crippen LogP contribution in [0.15, 0.2) is 0 Å². The lowest BCUT2D eigenvalue weighted by atomic mass is 9.99. The van der Waals surface area contributed by atoms with Gasteiger partial charge in [0.25, 0.3) is 0 Å². The average molecular weight is 201 g/mol. The number of rotatable bonds is 2. The Bertz CT molecular complexity index is 252. The van der Waals surface area contributed by atoms with Crippen LogP contribution in [-0.4, -0.2) is 27.7 Å². The highest BCUT2D eigenvalue weighted by Crippen LogP contribution is 2.59. The van der Waals surface area contributed by atoms with Crippen molar-refractivity contribution in [1.29, 1.82) is 0 Å². The molecule has 2 aliphatic rings. The summed E-state index contributed by atoms with van der Waals surface area (Å²) >= 11 is 1.76. The molecule has 2 rings (SSSR count). The summed E-state index contributed by atoms with van der Waals surface area (Å²) in [6.07, 6.45) is 2.44. The molecule has 3 nitrogen and oxygen atoms in total. The Morgan fingerprint density at radius 2 is 2.15 bits per heavy atom. The summed E-state index contributed by atoms with van der Waals surface area (Å²) in [5, 5.41) is 12.1. The molecule has 1 heterocycles. The van der Waals surface area contributed by atoms with Crippen molar-refractivity contribution < 1.29 is 9.90 Å². The normalized spacial score (nSPS) is 41.8. The Hall–Kier alpha value is -0.220. The smallest absolute Gasteiger partial charge is 0.321 e. The minimum Gasteiger partial charge on any atom is -0.480 e. The van der Waals surface area contributed by atoms with E-state index < -0.39 is 5.97 Å². The first-order valence-electron chi connectivity index (χ1n) is 4.61. The molecule has 0 bridgehead atoms. The van der Waals surface area contributed by atoms with Crippen molar-refractivity contribution in [2.24, 2.45) is 5.41 Å². The lowest BCUT2D eigenvalue weighted by molar-refractivity contribution is -0.139. The van der Waals surface area contributed by atoms with E-state index in [-0.39, 0.29) is 10.9 Å². The Labute approximate surface area is 82.3 Å². The van der Waals surface area contributed by atoms with Gasteiger partial charge in [0.15, 0.2) is 0 Å². The number of nitrogens with one attached hydrogen (secondary N) is 1. The lowest BCUT2D eigenvalue weighted by Crippen LogP contribution is -2.47. The van der Waals surface area contributed by atoms with Crippen molar-refractivity contribution in [1.82, 2.24) is 5.32 Å². The number of hydrogen-bond acceptors (Lipinski definition) is 3. The largest absolute Gasteiger partial charge is 0.480 e. The summed E-state index contributed by atoms with van der Waals surface area (Å²) in [5.41, 5.74) is 0.321. The maximum Gasteiger partial charge on any atom is 0.321 e. The highest BCUT2D eigenvalue weighted by molar-refractivity contribution is 8.01. The van der Waals surface area contributed by atoms with Gasteiger partial charge in [0.2, 0.25) is 0 Å². The Balaban J connectivity index is 2.08. The molecule has 13 heavy (non-hydrogen) atoms. The van der Waals surface area contributed by atoms with Crippen LogP contribution in [0.2, 0.25) is 0 Å². The molecule has 0 aromatic heterocycles. The molecule has 74 valence electrons. The van der Waals surface area contributed by atoms with Crippen LogP contribution in [0.3, 0.4) is 0 Å². The number of carbonyl (C=O) groups is 1. The quantitative estimate of drug-likeness (QED) is 0.707. The molecule has 2 N–H and O–H groups in total. The summed E-state index contributed by atoms with van der Waals surface area (Å²) < 4.78 is 0. The van der Waals surface area contributed by atoms with Gasteiger partial charge in [0.1, 0.15) is 6.04 Å². The molecular weight excluding hydrogens is 186 g/mol. The summed E-state index contributed by atoms with van der Waals surface area (Å²) in [4.78, 5) is 10.7. The SMILES string of the molecule is CC1(C2(C)N[C@@H](C(=O)O)CS2)CC1. The fourth-order valence-electron chi connectivity index (χ4n) is 1.81. The van der Waals surface area contributed by atoms with Crippen molar-refractivity contribution in [3.8, 4) is 0 Å². The van der Waals surface area contributed by atoms with Gasteiger partial charge in [0.05, 0.1) is 4.87 Å². The van der Waals surface area contributed by atoms with Crippen molar-refractivity contribution in [2.75, 3.05) is 5.75 Å². The summed E-state index contributed by atoms with van der Waals surface area (Å²) in [5.74, 6) is -0.0259. The number of carboxylic acid groups (broad SMARTS) is 1. The average Bonchev–Trinajstić information content (AvgIpc) is 2.64. The maximum atomic E-state index is 10.8. The standard InChI is InChI=1S/C9H15NO2S/c1-8(3-4-8)9(2)10-6(5-13-9)7(11)12/h6,10H,3-5H2,1-2H3,(H,11,12)/t6-,9?/m1/s1. The highest BCUT2D eigenvalue weighted by Gasteiger charge is 2.57. The van der Waals surface area contributed by atoms with E-state index in [0.29, 0.717) is 11.2 Å². The molecule has 1 saturated heterocycles. The number of thioether (sulfide) groups is 1. The van der Waals surface area contributed by atoms with E-state index in [1.807, 2.05) is 0 Å².